The summed E-state index contributed by atoms with van der Waals surface area (Å²) in [6.45, 7) is 3.96. The zero-order chi connectivity index (χ0) is 21.5. The number of allylic oxidation sites excluding steroid dienone is 1. The predicted molar refractivity (Wildman–Crippen MR) is 118 cm³/mol. The summed E-state index contributed by atoms with van der Waals surface area (Å²) in [5, 5.41) is 4.71. The summed E-state index contributed by atoms with van der Waals surface area (Å²) >= 11 is 0. The Morgan fingerprint density at radius 3 is 2.42 bits per heavy atom. The molecule has 3 aromatic carbocycles. The number of carbonyl (C=O) groups is 1. The van der Waals surface area contributed by atoms with E-state index in [1.54, 1.807) is 22.9 Å². The molecule has 0 spiro atoms. The second-order valence-electron chi connectivity index (χ2n) is 7.59. The number of rotatable bonds is 3. The Morgan fingerprint density at radius 1 is 0.968 bits per heavy atom. The Morgan fingerprint density at radius 2 is 1.68 bits per heavy atom. The van der Waals surface area contributed by atoms with Crippen LogP contribution in [0.25, 0.3) is 23.0 Å². The van der Waals surface area contributed by atoms with E-state index in [2.05, 4.69) is 0 Å². The van der Waals surface area contributed by atoms with Gasteiger partial charge in [0.2, 0.25) is 5.78 Å². The smallest absolute Gasteiger partial charge is 0.231 e. The van der Waals surface area contributed by atoms with E-state index < -0.39 is 0 Å². The maximum absolute atomic E-state index is 13.5. The van der Waals surface area contributed by atoms with Crippen molar-refractivity contribution in [2.24, 2.45) is 0 Å². The van der Waals surface area contributed by atoms with Crippen LogP contribution in [0.1, 0.15) is 27.0 Å². The summed E-state index contributed by atoms with van der Waals surface area (Å²) in [7, 11) is 0. The maximum Gasteiger partial charge on any atom is 0.231 e. The summed E-state index contributed by atoms with van der Waals surface area (Å²) in [6, 6.07) is 19.6. The minimum atomic E-state index is -0.318. The summed E-state index contributed by atoms with van der Waals surface area (Å²) in [4.78, 5) is 13.0. The molecule has 0 saturated carbocycles. The van der Waals surface area contributed by atoms with Gasteiger partial charge in [-0.3, -0.25) is 4.79 Å². The van der Waals surface area contributed by atoms with E-state index in [0.717, 1.165) is 22.4 Å². The van der Waals surface area contributed by atoms with E-state index in [-0.39, 0.29) is 17.4 Å². The zero-order valence-electron chi connectivity index (χ0n) is 17.1. The molecular formula is C26H19FN2O2. The van der Waals surface area contributed by atoms with Gasteiger partial charge in [0, 0.05) is 17.3 Å². The molecule has 0 saturated heterocycles. The van der Waals surface area contributed by atoms with E-state index in [1.807, 2.05) is 62.5 Å². The molecule has 4 nitrogen and oxygen atoms in total. The van der Waals surface area contributed by atoms with Crippen LogP contribution < -0.4 is 4.74 Å². The highest BCUT2D eigenvalue weighted by molar-refractivity contribution is 6.14. The molecule has 0 atom stereocenters. The molecule has 5 rings (SSSR count). The van der Waals surface area contributed by atoms with E-state index in [1.165, 1.54) is 12.1 Å². The summed E-state index contributed by atoms with van der Waals surface area (Å²) < 4.78 is 21.1. The number of benzene rings is 3. The normalized spacial score (nSPS) is 14.0. The van der Waals surface area contributed by atoms with E-state index in [9.17, 15) is 9.18 Å². The van der Waals surface area contributed by atoms with Crippen LogP contribution in [0.15, 0.2) is 78.7 Å². The molecule has 31 heavy (non-hydrogen) atoms. The fraction of sp³-hybridized carbons (Fsp3) is 0.0769. The number of aromatic nitrogens is 2. The number of para-hydroxylation sites is 1. The topological polar surface area (TPSA) is 44.1 Å². The lowest BCUT2D eigenvalue weighted by atomic mass is 10.0. The third-order valence-corrected chi connectivity index (χ3v) is 5.45. The standard InChI is InChI=1S/C26H19FN2O2/c1-16-12-22-23(13-17(16)2)31-24(26(22)30)14-19-15-29(21-6-4-3-5-7-21)28-25(19)18-8-10-20(27)11-9-18/h3-15H,1-2H3/b24-14-. The first-order chi connectivity index (χ1) is 15.0. The Labute approximate surface area is 179 Å². The highest BCUT2D eigenvalue weighted by Crippen LogP contribution is 2.35. The number of hydrogen-bond acceptors (Lipinski definition) is 3. The van der Waals surface area contributed by atoms with Gasteiger partial charge in [-0.1, -0.05) is 18.2 Å². The molecule has 0 fully saturated rings. The summed E-state index contributed by atoms with van der Waals surface area (Å²) in [5.74, 6) is 0.339. The van der Waals surface area contributed by atoms with Gasteiger partial charge in [-0.05, 0) is 79.6 Å². The van der Waals surface area contributed by atoms with Crippen molar-refractivity contribution >= 4 is 11.9 Å². The van der Waals surface area contributed by atoms with Crippen molar-refractivity contribution in [1.82, 2.24) is 9.78 Å². The number of hydrogen-bond donors (Lipinski definition) is 0. The lowest BCUT2D eigenvalue weighted by Gasteiger charge is -2.02. The number of fused-ring (bicyclic) bond motifs is 1. The maximum atomic E-state index is 13.5. The molecule has 1 aromatic heterocycles. The SMILES string of the molecule is Cc1cc2c(cc1C)C(=O)/C(=C/c1cn(-c3ccccc3)nc1-c1ccc(F)cc1)O2. The first kappa shape index (κ1) is 19.0. The molecule has 1 aliphatic heterocycles. The lowest BCUT2D eigenvalue weighted by molar-refractivity contribution is 0.101. The van der Waals surface area contributed by atoms with Crippen LogP contribution in [0.4, 0.5) is 4.39 Å². The zero-order valence-corrected chi connectivity index (χ0v) is 17.1. The monoisotopic (exact) mass is 410 g/mol. The van der Waals surface area contributed by atoms with Gasteiger partial charge in [0.25, 0.3) is 0 Å². The second-order valence-corrected chi connectivity index (χ2v) is 7.59. The van der Waals surface area contributed by atoms with Crippen molar-refractivity contribution in [2.75, 3.05) is 0 Å². The van der Waals surface area contributed by atoms with Gasteiger partial charge in [-0.2, -0.15) is 5.10 Å². The molecule has 1 aliphatic rings. The molecule has 2 heterocycles. The molecule has 0 N–H and O–H groups in total. The van der Waals surface area contributed by atoms with Crippen LogP contribution in [0.3, 0.4) is 0 Å². The number of ether oxygens (including phenoxy) is 1. The Kier molecular flexibility index (Phi) is 4.51. The van der Waals surface area contributed by atoms with Gasteiger partial charge in [0.05, 0.1) is 11.3 Å². The number of carbonyl (C=O) groups excluding carboxylic acids is 1. The molecule has 0 bridgehead atoms. The molecule has 0 radical (unpaired) electrons. The van der Waals surface area contributed by atoms with Crippen LogP contribution in [-0.2, 0) is 0 Å². The molecule has 5 heteroatoms. The van der Waals surface area contributed by atoms with Gasteiger partial charge in [-0.15, -0.1) is 0 Å². The number of aryl methyl sites for hydroxylation is 2. The molecule has 0 unspecified atom stereocenters. The second kappa shape index (κ2) is 7.36. The third-order valence-electron chi connectivity index (χ3n) is 5.45. The van der Waals surface area contributed by atoms with Crippen molar-refractivity contribution < 1.29 is 13.9 Å². The van der Waals surface area contributed by atoms with Crippen LogP contribution in [0, 0.1) is 19.7 Å². The van der Waals surface area contributed by atoms with Gasteiger partial charge in [0.15, 0.2) is 5.76 Å². The Bertz CT molecular complexity index is 1340. The molecule has 0 aliphatic carbocycles. The summed E-state index contributed by atoms with van der Waals surface area (Å²) in [5.41, 5.74) is 5.64. The number of halogens is 1. The lowest BCUT2D eigenvalue weighted by Crippen LogP contribution is -1.98. The summed E-state index contributed by atoms with van der Waals surface area (Å²) in [6.07, 6.45) is 3.55. The molecule has 0 amide bonds. The average molecular weight is 410 g/mol. The van der Waals surface area contributed by atoms with Crippen molar-refractivity contribution in [2.45, 2.75) is 13.8 Å². The average Bonchev–Trinajstić information content (AvgIpc) is 3.32. The van der Waals surface area contributed by atoms with Crippen molar-refractivity contribution in [3.8, 4) is 22.7 Å². The van der Waals surface area contributed by atoms with Crippen LogP contribution in [-0.4, -0.2) is 15.6 Å². The van der Waals surface area contributed by atoms with E-state index in [4.69, 9.17) is 9.84 Å². The van der Waals surface area contributed by atoms with Gasteiger partial charge in [-0.25, -0.2) is 9.07 Å². The van der Waals surface area contributed by atoms with Crippen molar-refractivity contribution in [3.05, 3.63) is 107 Å². The predicted octanol–water partition coefficient (Wildman–Crippen LogP) is 5.91. The van der Waals surface area contributed by atoms with Crippen molar-refractivity contribution in [3.63, 3.8) is 0 Å². The van der Waals surface area contributed by atoms with Crippen LogP contribution in [0.5, 0.6) is 5.75 Å². The first-order valence-corrected chi connectivity index (χ1v) is 9.96. The molecule has 152 valence electrons. The third kappa shape index (κ3) is 3.44. The highest BCUT2D eigenvalue weighted by Gasteiger charge is 2.28. The number of Topliss-reactive ketones (excluding diaryl/α,β-unsaturated/α-hetero) is 1. The quantitative estimate of drug-likeness (QED) is 0.394. The van der Waals surface area contributed by atoms with E-state index in [0.29, 0.717) is 22.6 Å². The number of nitrogens with zero attached hydrogens (tertiary/aromatic N) is 2. The fourth-order valence-electron chi connectivity index (χ4n) is 3.62. The Hall–Kier alpha value is -3.99. The van der Waals surface area contributed by atoms with Gasteiger partial charge in [0.1, 0.15) is 17.3 Å². The number of ketones is 1. The largest absolute Gasteiger partial charge is 0.452 e. The minimum Gasteiger partial charge on any atom is -0.452 e. The van der Waals surface area contributed by atoms with Gasteiger partial charge < -0.3 is 4.74 Å². The highest BCUT2D eigenvalue weighted by atomic mass is 19.1. The van der Waals surface area contributed by atoms with Crippen molar-refractivity contribution in [1.29, 1.82) is 0 Å². The van der Waals surface area contributed by atoms with E-state index >= 15 is 0 Å². The first-order valence-electron chi connectivity index (χ1n) is 9.96. The van der Waals surface area contributed by atoms with Gasteiger partial charge >= 0.3 is 0 Å². The van der Waals surface area contributed by atoms with Crippen LogP contribution >= 0.6 is 0 Å². The minimum absolute atomic E-state index is 0.157. The Balaban J connectivity index is 1.62. The van der Waals surface area contributed by atoms with Crippen LogP contribution in [0.2, 0.25) is 0 Å². The molecular weight excluding hydrogens is 391 g/mol. The fourth-order valence-corrected chi connectivity index (χ4v) is 3.62. The molecule has 4 aromatic rings.